The maximum Gasteiger partial charge on any atom is 0.338 e. The lowest BCUT2D eigenvalue weighted by Crippen LogP contribution is -2.08. The fourth-order valence-corrected chi connectivity index (χ4v) is 3.53. The van der Waals surface area contributed by atoms with Crippen LogP contribution in [-0.4, -0.2) is 11.0 Å². The fraction of sp³-hybridized carbons (Fsp3) is 0.150. The Balaban J connectivity index is 1.63. The van der Waals surface area contributed by atoms with E-state index < -0.39 is 11.6 Å². The van der Waals surface area contributed by atoms with Crippen LogP contribution >= 0.6 is 11.3 Å². The zero-order valence-corrected chi connectivity index (χ0v) is 15.1. The Hall–Kier alpha value is -2.99. The molecule has 0 atom stereocenters. The molecule has 0 N–H and O–H groups in total. The van der Waals surface area contributed by atoms with E-state index in [1.54, 1.807) is 23.7 Å². The first-order valence-corrected chi connectivity index (χ1v) is 8.93. The van der Waals surface area contributed by atoms with Gasteiger partial charge in [0.2, 0.25) is 0 Å². The number of hydrogen-bond donors (Lipinski definition) is 0. The van der Waals surface area contributed by atoms with Gasteiger partial charge in [-0.05, 0) is 55.3 Å². The first-order valence-electron chi connectivity index (χ1n) is 8.05. The van der Waals surface area contributed by atoms with Gasteiger partial charge < -0.3 is 9.15 Å². The van der Waals surface area contributed by atoms with Crippen LogP contribution in [0.5, 0.6) is 0 Å². The standard InChI is InChI=1S/C20H15NO4S/c1-11-5-15-14(8-19(22)25-17(15)6-12(11)2)9-24-20(23)13-3-4-16-18(7-13)26-10-21-16/h3-8,10H,9H2,1-2H3. The predicted molar refractivity (Wildman–Crippen MR) is 101 cm³/mol. The van der Waals surface area contributed by atoms with Crippen molar-refractivity contribution in [3.05, 3.63) is 74.6 Å². The average Bonchev–Trinajstić information content (AvgIpc) is 3.08. The molecule has 0 aliphatic heterocycles. The second-order valence-electron chi connectivity index (χ2n) is 6.13. The minimum Gasteiger partial charge on any atom is -0.457 e. The number of esters is 1. The predicted octanol–water partition coefficient (Wildman–Crippen LogP) is 4.38. The number of fused-ring (bicyclic) bond motifs is 2. The van der Waals surface area contributed by atoms with Crippen molar-refractivity contribution >= 4 is 38.5 Å². The average molecular weight is 365 g/mol. The summed E-state index contributed by atoms with van der Waals surface area (Å²) in [5.41, 5.74) is 5.83. The number of ether oxygens (including phenoxy) is 1. The number of thiazole rings is 1. The highest BCUT2D eigenvalue weighted by molar-refractivity contribution is 7.16. The van der Waals surface area contributed by atoms with Crippen LogP contribution in [0, 0.1) is 13.8 Å². The van der Waals surface area contributed by atoms with Gasteiger partial charge in [0.25, 0.3) is 0 Å². The van der Waals surface area contributed by atoms with Gasteiger partial charge in [0.1, 0.15) is 12.2 Å². The molecule has 2 heterocycles. The molecule has 4 rings (SSSR count). The summed E-state index contributed by atoms with van der Waals surface area (Å²) in [5.74, 6) is -0.439. The molecule has 0 spiro atoms. The molecule has 0 radical (unpaired) electrons. The molecule has 0 amide bonds. The molecule has 2 aromatic heterocycles. The zero-order valence-electron chi connectivity index (χ0n) is 14.2. The van der Waals surface area contributed by atoms with Crippen molar-refractivity contribution in [3.8, 4) is 0 Å². The Morgan fingerprint density at radius 1 is 1.15 bits per heavy atom. The molecule has 6 heteroatoms. The lowest BCUT2D eigenvalue weighted by Gasteiger charge is -2.09. The van der Waals surface area contributed by atoms with Gasteiger partial charge in [0, 0.05) is 17.0 Å². The molecule has 130 valence electrons. The van der Waals surface area contributed by atoms with E-state index in [1.807, 2.05) is 26.0 Å². The number of hydrogen-bond acceptors (Lipinski definition) is 6. The summed E-state index contributed by atoms with van der Waals surface area (Å²) in [4.78, 5) is 28.4. The van der Waals surface area contributed by atoms with E-state index in [2.05, 4.69) is 4.98 Å². The third-order valence-electron chi connectivity index (χ3n) is 4.37. The smallest absolute Gasteiger partial charge is 0.338 e. The van der Waals surface area contributed by atoms with Gasteiger partial charge in [-0.3, -0.25) is 0 Å². The van der Waals surface area contributed by atoms with Gasteiger partial charge >= 0.3 is 11.6 Å². The number of nitrogens with zero attached hydrogens (tertiary/aromatic N) is 1. The Morgan fingerprint density at radius 3 is 2.81 bits per heavy atom. The number of benzene rings is 2. The maximum absolute atomic E-state index is 12.4. The zero-order chi connectivity index (χ0) is 18.3. The molecule has 26 heavy (non-hydrogen) atoms. The quantitative estimate of drug-likeness (QED) is 0.398. The minimum atomic E-state index is -0.460. The Bertz CT molecular complexity index is 1210. The van der Waals surface area contributed by atoms with Gasteiger partial charge in [-0.15, -0.1) is 11.3 Å². The SMILES string of the molecule is Cc1cc2oc(=O)cc(COC(=O)c3ccc4ncsc4c3)c2cc1C. The highest BCUT2D eigenvalue weighted by Gasteiger charge is 2.13. The van der Waals surface area contributed by atoms with Crippen LogP contribution in [0.4, 0.5) is 0 Å². The van der Waals surface area contributed by atoms with Crippen molar-refractivity contribution in [2.75, 3.05) is 0 Å². The molecule has 0 aliphatic rings. The summed E-state index contributed by atoms with van der Waals surface area (Å²) >= 11 is 1.47. The van der Waals surface area contributed by atoms with E-state index in [-0.39, 0.29) is 6.61 Å². The molecule has 4 aromatic rings. The van der Waals surface area contributed by atoms with Crippen LogP contribution in [0.1, 0.15) is 27.0 Å². The molecule has 0 saturated heterocycles. The lowest BCUT2D eigenvalue weighted by molar-refractivity contribution is 0.0474. The van der Waals surface area contributed by atoms with E-state index in [9.17, 15) is 9.59 Å². The second kappa shape index (κ2) is 6.38. The highest BCUT2D eigenvalue weighted by Crippen LogP contribution is 2.23. The van der Waals surface area contributed by atoms with E-state index in [0.29, 0.717) is 16.7 Å². The van der Waals surface area contributed by atoms with Crippen LogP contribution in [0.15, 0.2) is 51.1 Å². The van der Waals surface area contributed by atoms with Gasteiger partial charge in [-0.25, -0.2) is 14.6 Å². The van der Waals surface area contributed by atoms with Crippen molar-refractivity contribution in [3.63, 3.8) is 0 Å². The van der Waals surface area contributed by atoms with E-state index >= 15 is 0 Å². The molecule has 2 aromatic carbocycles. The van der Waals surface area contributed by atoms with E-state index in [4.69, 9.17) is 9.15 Å². The number of aryl methyl sites for hydroxylation is 2. The fourth-order valence-electron chi connectivity index (χ4n) is 2.81. The molecular weight excluding hydrogens is 350 g/mol. The second-order valence-corrected chi connectivity index (χ2v) is 7.02. The number of rotatable bonds is 3. The Morgan fingerprint density at radius 2 is 1.96 bits per heavy atom. The Labute approximate surface area is 152 Å². The van der Waals surface area contributed by atoms with Gasteiger partial charge in [-0.1, -0.05) is 0 Å². The van der Waals surface area contributed by atoms with Crippen molar-refractivity contribution in [2.24, 2.45) is 0 Å². The maximum atomic E-state index is 12.4. The topological polar surface area (TPSA) is 69.4 Å². The lowest BCUT2D eigenvalue weighted by atomic mass is 10.0. The summed E-state index contributed by atoms with van der Waals surface area (Å²) in [5, 5.41) is 0.776. The third-order valence-corrected chi connectivity index (χ3v) is 5.16. The highest BCUT2D eigenvalue weighted by atomic mass is 32.1. The van der Waals surface area contributed by atoms with E-state index in [0.717, 1.165) is 26.7 Å². The van der Waals surface area contributed by atoms with Crippen molar-refractivity contribution in [2.45, 2.75) is 20.5 Å². The van der Waals surface area contributed by atoms with E-state index in [1.165, 1.54) is 17.4 Å². The monoisotopic (exact) mass is 365 g/mol. The molecule has 0 bridgehead atoms. The molecule has 0 fully saturated rings. The van der Waals surface area contributed by atoms with Crippen molar-refractivity contribution < 1.29 is 13.9 Å². The number of aromatic nitrogens is 1. The van der Waals surface area contributed by atoms with Crippen molar-refractivity contribution in [1.29, 1.82) is 0 Å². The summed E-state index contributed by atoms with van der Waals surface area (Å²) in [6, 6.07) is 10.4. The summed E-state index contributed by atoms with van der Waals surface area (Å²) in [7, 11) is 0. The molecule has 0 aliphatic carbocycles. The summed E-state index contributed by atoms with van der Waals surface area (Å²) < 4.78 is 11.6. The van der Waals surface area contributed by atoms with Crippen LogP contribution in [-0.2, 0) is 11.3 Å². The van der Waals surface area contributed by atoms with Crippen LogP contribution in [0.2, 0.25) is 0 Å². The number of carbonyl (C=O) groups is 1. The summed E-state index contributed by atoms with van der Waals surface area (Å²) in [6.07, 6.45) is 0. The van der Waals surface area contributed by atoms with Crippen LogP contribution in [0.25, 0.3) is 21.2 Å². The van der Waals surface area contributed by atoms with Gasteiger partial charge in [0.05, 0.1) is 21.3 Å². The minimum absolute atomic E-state index is 0.00413. The first kappa shape index (κ1) is 16.5. The Kier molecular flexibility index (Phi) is 4.05. The molecule has 0 unspecified atom stereocenters. The number of carbonyl (C=O) groups excluding carboxylic acids is 1. The van der Waals surface area contributed by atoms with Gasteiger partial charge in [0.15, 0.2) is 0 Å². The molecule has 0 saturated carbocycles. The first-order chi connectivity index (χ1) is 12.5. The van der Waals surface area contributed by atoms with Crippen LogP contribution < -0.4 is 5.63 Å². The summed E-state index contributed by atoms with van der Waals surface area (Å²) in [6.45, 7) is 3.95. The van der Waals surface area contributed by atoms with Crippen molar-refractivity contribution in [1.82, 2.24) is 4.98 Å². The van der Waals surface area contributed by atoms with Gasteiger partial charge in [-0.2, -0.15) is 0 Å². The third kappa shape index (κ3) is 2.99. The normalized spacial score (nSPS) is 11.2. The molecule has 5 nitrogen and oxygen atoms in total. The molecular formula is C20H15NO4S. The largest absolute Gasteiger partial charge is 0.457 e. The van der Waals surface area contributed by atoms with Crippen LogP contribution in [0.3, 0.4) is 0 Å².